The third-order valence-corrected chi connectivity index (χ3v) is 2.96. The Kier molecular flexibility index (Phi) is 5.08. The number of aliphatic hydroxyl groups excluding tert-OH is 2. The van der Waals surface area contributed by atoms with Gasteiger partial charge in [0, 0.05) is 17.6 Å². The van der Waals surface area contributed by atoms with Gasteiger partial charge < -0.3 is 20.3 Å². The molecule has 6 nitrogen and oxygen atoms in total. The van der Waals surface area contributed by atoms with E-state index in [1.54, 1.807) is 31.2 Å². The van der Waals surface area contributed by atoms with E-state index in [4.69, 9.17) is 9.84 Å². The maximum Gasteiger partial charge on any atom is 0.356 e. The van der Waals surface area contributed by atoms with Gasteiger partial charge in [-0.1, -0.05) is 6.07 Å². The van der Waals surface area contributed by atoms with E-state index in [9.17, 15) is 9.90 Å². The number of rotatable bonds is 6. The summed E-state index contributed by atoms with van der Waals surface area (Å²) in [7, 11) is 0. The lowest BCUT2D eigenvalue weighted by Gasteiger charge is -2.12. The van der Waals surface area contributed by atoms with E-state index in [0.29, 0.717) is 12.1 Å². The predicted molar refractivity (Wildman–Crippen MR) is 79.3 cm³/mol. The molecule has 21 heavy (non-hydrogen) atoms. The number of aliphatic hydroxyl groups is 2. The number of pyridine rings is 1. The zero-order valence-corrected chi connectivity index (χ0v) is 11.7. The molecule has 1 atom stereocenters. The Balaban J connectivity index is 2.27. The van der Waals surface area contributed by atoms with Gasteiger partial charge in [-0.15, -0.1) is 0 Å². The summed E-state index contributed by atoms with van der Waals surface area (Å²) in [6.07, 6.45) is -0.827. The SMILES string of the molecule is CCOC(=O)c1ccc2c(NCC(O)CO)cccc2n1. The molecule has 0 radical (unpaired) electrons. The van der Waals surface area contributed by atoms with Gasteiger partial charge in [-0.05, 0) is 31.2 Å². The van der Waals surface area contributed by atoms with Gasteiger partial charge in [-0.25, -0.2) is 9.78 Å². The highest BCUT2D eigenvalue weighted by Crippen LogP contribution is 2.22. The maximum absolute atomic E-state index is 11.7. The van der Waals surface area contributed by atoms with Crippen LogP contribution in [0.2, 0.25) is 0 Å². The Morgan fingerprint density at radius 1 is 1.38 bits per heavy atom. The van der Waals surface area contributed by atoms with Crippen LogP contribution in [0.15, 0.2) is 30.3 Å². The molecular formula is C15H18N2O4. The third kappa shape index (κ3) is 3.68. The second-order valence-electron chi connectivity index (χ2n) is 4.51. The lowest BCUT2D eigenvalue weighted by atomic mass is 10.1. The number of esters is 1. The van der Waals surface area contributed by atoms with Crippen LogP contribution in [0.5, 0.6) is 0 Å². The highest BCUT2D eigenvalue weighted by Gasteiger charge is 2.10. The highest BCUT2D eigenvalue weighted by atomic mass is 16.5. The average molecular weight is 290 g/mol. The molecule has 1 aromatic carbocycles. The molecule has 3 N–H and O–H groups in total. The molecule has 1 aromatic heterocycles. The Labute approximate surface area is 122 Å². The van der Waals surface area contributed by atoms with Gasteiger partial charge in [-0.2, -0.15) is 0 Å². The van der Waals surface area contributed by atoms with Crippen LogP contribution in [0.4, 0.5) is 5.69 Å². The lowest BCUT2D eigenvalue weighted by molar-refractivity contribution is 0.0520. The molecule has 0 aliphatic heterocycles. The van der Waals surface area contributed by atoms with Crippen LogP contribution < -0.4 is 5.32 Å². The van der Waals surface area contributed by atoms with E-state index < -0.39 is 12.1 Å². The normalized spacial score (nSPS) is 12.1. The minimum atomic E-state index is -0.827. The monoisotopic (exact) mass is 290 g/mol. The summed E-state index contributed by atoms with van der Waals surface area (Å²) >= 11 is 0. The first-order valence-electron chi connectivity index (χ1n) is 6.75. The van der Waals surface area contributed by atoms with E-state index in [1.807, 2.05) is 6.07 Å². The molecule has 1 unspecified atom stereocenters. The van der Waals surface area contributed by atoms with Crippen LogP contribution in [-0.2, 0) is 4.74 Å². The molecule has 0 aliphatic carbocycles. The summed E-state index contributed by atoms with van der Waals surface area (Å²) in [5.41, 5.74) is 1.70. The van der Waals surface area contributed by atoms with Crippen molar-refractivity contribution in [3.63, 3.8) is 0 Å². The van der Waals surface area contributed by atoms with Crippen molar-refractivity contribution in [1.29, 1.82) is 0 Å². The second kappa shape index (κ2) is 7.01. The number of ether oxygens (including phenoxy) is 1. The van der Waals surface area contributed by atoms with Gasteiger partial charge in [0.05, 0.1) is 24.8 Å². The zero-order valence-electron chi connectivity index (χ0n) is 11.7. The Bertz CT molecular complexity index is 630. The van der Waals surface area contributed by atoms with Crippen molar-refractivity contribution in [2.45, 2.75) is 13.0 Å². The Morgan fingerprint density at radius 3 is 2.90 bits per heavy atom. The fraction of sp³-hybridized carbons (Fsp3) is 0.333. The summed E-state index contributed by atoms with van der Waals surface area (Å²) in [5.74, 6) is -0.450. The average Bonchev–Trinajstić information content (AvgIpc) is 2.52. The lowest BCUT2D eigenvalue weighted by Crippen LogP contribution is -2.23. The van der Waals surface area contributed by atoms with Gasteiger partial charge in [0.15, 0.2) is 0 Å². The quantitative estimate of drug-likeness (QED) is 0.692. The summed E-state index contributed by atoms with van der Waals surface area (Å²) in [4.78, 5) is 15.9. The van der Waals surface area contributed by atoms with Crippen LogP contribution in [0.1, 0.15) is 17.4 Å². The first-order valence-corrected chi connectivity index (χ1v) is 6.75. The molecule has 1 heterocycles. The molecule has 0 spiro atoms. The Morgan fingerprint density at radius 2 is 2.19 bits per heavy atom. The predicted octanol–water partition coefficient (Wildman–Crippen LogP) is 1.18. The molecule has 0 saturated carbocycles. The minimum absolute atomic E-state index is 0.231. The molecule has 2 aromatic rings. The standard InChI is InChI=1S/C15H18N2O4/c1-2-21-15(20)14-7-6-11-12(16-8-10(19)9-18)4-3-5-13(11)17-14/h3-7,10,16,18-19H,2,8-9H2,1H3. The molecule has 0 fully saturated rings. The number of carbonyl (C=O) groups excluding carboxylic acids is 1. The fourth-order valence-corrected chi connectivity index (χ4v) is 1.92. The van der Waals surface area contributed by atoms with Crippen LogP contribution in [0.3, 0.4) is 0 Å². The summed E-state index contributed by atoms with van der Waals surface area (Å²) in [6.45, 7) is 1.98. The number of aromatic nitrogens is 1. The van der Waals surface area contributed by atoms with Crippen LogP contribution in [-0.4, -0.2) is 47.0 Å². The molecule has 112 valence electrons. The zero-order chi connectivity index (χ0) is 15.2. The van der Waals surface area contributed by atoms with Crippen molar-refractivity contribution in [3.05, 3.63) is 36.0 Å². The van der Waals surface area contributed by atoms with Gasteiger partial charge in [0.1, 0.15) is 5.69 Å². The van der Waals surface area contributed by atoms with Gasteiger partial charge in [-0.3, -0.25) is 0 Å². The van der Waals surface area contributed by atoms with E-state index in [0.717, 1.165) is 11.1 Å². The number of hydrogen-bond donors (Lipinski definition) is 3. The maximum atomic E-state index is 11.7. The van der Waals surface area contributed by atoms with Crippen molar-refractivity contribution >= 4 is 22.6 Å². The second-order valence-corrected chi connectivity index (χ2v) is 4.51. The highest BCUT2D eigenvalue weighted by molar-refractivity contribution is 5.95. The van der Waals surface area contributed by atoms with Crippen LogP contribution in [0, 0.1) is 0 Å². The minimum Gasteiger partial charge on any atom is -0.461 e. The molecule has 0 bridgehead atoms. The van der Waals surface area contributed by atoms with Gasteiger partial charge in [0.2, 0.25) is 0 Å². The molecule has 0 amide bonds. The first kappa shape index (κ1) is 15.2. The van der Waals surface area contributed by atoms with Gasteiger partial charge in [0.25, 0.3) is 0 Å². The number of carbonyl (C=O) groups is 1. The van der Waals surface area contributed by atoms with Crippen molar-refractivity contribution < 1.29 is 19.7 Å². The van der Waals surface area contributed by atoms with Crippen molar-refractivity contribution in [3.8, 4) is 0 Å². The van der Waals surface area contributed by atoms with E-state index >= 15 is 0 Å². The summed E-state index contributed by atoms with van der Waals surface area (Å²) in [6, 6.07) is 8.83. The van der Waals surface area contributed by atoms with Crippen molar-refractivity contribution in [2.24, 2.45) is 0 Å². The topological polar surface area (TPSA) is 91.7 Å². The smallest absolute Gasteiger partial charge is 0.356 e. The summed E-state index contributed by atoms with van der Waals surface area (Å²) in [5, 5.41) is 22.1. The number of nitrogens with zero attached hydrogens (tertiary/aromatic N) is 1. The molecule has 6 heteroatoms. The summed E-state index contributed by atoms with van der Waals surface area (Å²) < 4.78 is 4.92. The van der Waals surface area contributed by atoms with E-state index in [1.165, 1.54) is 0 Å². The van der Waals surface area contributed by atoms with E-state index in [2.05, 4.69) is 10.3 Å². The molecule has 2 rings (SSSR count). The number of fused-ring (bicyclic) bond motifs is 1. The number of nitrogens with one attached hydrogen (secondary N) is 1. The molecule has 0 aliphatic rings. The number of benzene rings is 1. The fourth-order valence-electron chi connectivity index (χ4n) is 1.92. The molecular weight excluding hydrogens is 272 g/mol. The van der Waals surface area contributed by atoms with Crippen LogP contribution >= 0.6 is 0 Å². The largest absolute Gasteiger partial charge is 0.461 e. The molecule has 0 saturated heterocycles. The van der Waals surface area contributed by atoms with Crippen molar-refractivity contribution in [2.75, 3.05) is 25.1 Å². The van der Waals surface area contributed by atoms with E-state index in [-0.39, 0.29) is 18.8 Å². The Hall–Kier alpha value is -2.18. The van der Waals surface area contributed by atoms with Crippen LogP contribution in [0.25, 0.3) is 10.9 Å². The van der Waals surface area contributed by atoms with Gasteiger partial charge >= 0.3 is 5.97 Å². The number of hydrogen-bond acceptors (Lipinski definition) is 6. The first-order chi connectivity index (χ1) is 10.2. The third-order valence-electron chi connectivity index (χ3n) is 2.96. The number of anilines is 1. The van der Waals surface area contributed by atoms with Crippen molar-refractivity contribution in [1.82, 2.24) is 4.98 Å².